The quantitative estimate of drug-likeness (QED) is 0.395. The summed E-state index contributed by atoms with van der Waals surface area (Å²) in [6.45, 7) is 5.61. The molecule has 0 radical (unpaired) electrons. The van der Waals surface area contributed by atoms with E-state index in [4.69, 9.17) is 14.5 Å². The molecule has 2 heterocycles. The van der Waals surface area contributed by atoms with Crippen molar-refractivity contribution in [3.05, 3.63) is 0 Å². The maximum atomic E-state index is 6.09. The molecule has 0 aromatic heterocycles. The maximum absolute atomic E-state index is 6.09. The fourth-order valence-corrected chi connectivity index (χ4v) is 5.38. The third kappa shape index (κ3) is 3.30. The molecule has 24 heavy (non-hydrogen) atoms. The van der Waals surface area contributed by atoms with Gasteiger partial charge in [0.05, 0.1) is 6.10 Å². The van der Waals surface area contributed by atoms with Gasteiger partial charge in [0, 0.05) is 49.8 Å². The molecule has 3 atom stereocenters. The lowest BCUT2D eigenvalue weighted by atomic mass is 9.54. The normalized spacial score (nSPS) is 35.2. The lowest BCUT2D eigenvalue weighted by molar-refractivity contribution is -0.125. The second kappa shape index (κ2) is 8.08. The highest BCUT2D eigenvalue weighted by Gasteiger charge is 2.65. The smallest absolute Gasteiger partial charge is 0.191 e. The number of fused-ring (bicyclic) bond motifs is 2. The molecule has 4 rings (SSSR count). The summed E-state index contributed by atoms with van der Waals surface area (Å²) in [6.07, 6.45) is 9.24. The summed E-state index contributed by atoms with van der Waals surface area (Å²) in [7, 11) is 0. The van der Waals surface area contributed by atoms with Gasteiger partial charge in [-0.3, -0.25) is 4.99 Å². The Morgan fingerprint density at radius 2 is 1.83 bits per heavy atom. The van der Waals surface area contributed by atoms with E-state index in [1.54, 1.807) is 0 Å². The predicted molar refractivity (Wildman–Crippen MR) is 106 cm³/mol. The minimum absolute atomic E-state index is 0. The largest absolute Gasteiger partial charge is 0.381 e. The van der Waals surface area contributed by atoms with Crippen molar-refractivity contribution in [3.8, 4) is 0 Å². The van der Waals surface area contributed by atoms with Gasteiger partial charge < -0.3 is 20.1 Å². The minimum Gasteiger partial charge on any atom is -0.381 e. The third-order valence-corrected chi connectivity index (χ3v) is 6.46. The number of guanidine groups is 1. The van der Waals surface area contributed by atoms with Gasteiger partial charge in [-0.25, -0.2) is 0 Å². The van der Waals surface area contributed by atoms with E-state index in [1.165, 1.54) is 32.1 Å². The summed E-state index contributed by atoms with van der Waals surface area (Å²) < 4.78 is 11.6. The molecule has 2 aliphatic heterocycles. The van der Waals surface area contributed by atoms with E-state index >= 15 is 0 Å². The predicted octanol–water partition coefficient (Wildman–Crippen LogP) is 2.69. The van der Waals surface area contributed by atoms with Crippen LogP contribution in [0, 0.1) is 11.3 Å². The van der Waals surface area contributed by atoms with Gasteiger partial charge >= 0.3 is 0 Å². The van der Waals surface area contributed by atoms with E-state index in [0.29, 0.717) is 29.5 Å². The molecule has 6 heteroatoms. The first-order chi connectivity index (χ1) is 11.3. The van der Waals surface area contributed by atoms with Crippen LogP contribution >= 0.6 is 24.0 Å². The van der Waals surface area contributed by atoms with E-state index < -0.39 is 0 Å². The standard InChI is InChI=1S/C18H31N3O2.HI/c1-2-19-17(20-13-5-10-22-11-6-13)21-15-14-7-12-23-16(14)18(15)8-3-4-9-18;/h13-16H,2-12H2,1H3,(H2,19,20,21);1H. The van der Waals surface area contributed by atoms with Crippen molar-refractivity contribution in [1.82, 2.24) is 10.6 Å². The van der Waals surface area contributed by atoms with Crippen LogP contribution in [0.25, 0.3) is 0 Å². The third-order valence-electron chi connectivity index (χ3n) is 6.46. The highest BCUT2D eigenvalue weighted by Crippen LogP contribution is 2.60. The van der Waals surface area contributed by atoms with E-state index in [-0.39, 0.29) is 24.0 Å². The maximum Gasteiger partial charge on any atom is 0.191 e. The average Bonchev–Trinajstić information content (AvgIpc) is 3.22. The van der Waals surface area contributed by atoms with Crippen molar-refractivity contribution in [2.24, 2.45) is 16.3 Å². The van der Waals surface area contributed by atoms with Crippen LogP contribution in [0.5, 0.6) is 0 Å². The zero-order valence-electron chi connectivity index (χ0n) is 14.8. The van der Waals surface area contributed by atoms with Crippen molar-refractivity contribution >= 4 is 29.9 Å². The average molecular weight is 449 g/mol. The second-order valence-corrected chi connectivity index (χ2v) is 7.66. The number of halogens is 1. The van der Waals surface area contributed by atoms with Crippen LogP contribution in [-0.2, 0) is 9.47 Å². The molecule has 2 saturated carbocycles. The van der Waals surface area contributed by atoms with E-state index in [0.717, 1.165) is 45.2 Å². The zero-order chi connectivity index (χ0) is 15.7. The molecule has 138 valence electrons. The Hall–Kier alpha value is -0.0800. The number of nitrogens with zero attached hydrogens (tertiary/aromatic N) is 1. The van der Waals surface area contributed by atoms with Crippen LogP contribution in [0.3, 0.4) is 0 Å². The molecule has 2 aliphatic carbocycles. The first-order valence-electron chi connectivity index (χ1n) is 9.60. The summed E-state index contributed by atoms with van der Waals surface area (Å²) in [5, 5.41) is 7.48. The fourth-order valence-electron chi connectivity index (χ4n) is 5.38. The minimum atomic E-state index is 0. The van der Waals surface area contributed by atoms with Gasteiger partial charge in [-0.2, -0.15) is 0 Å². The Balaban J connectivity index is 0.00000169. The fraction of sp³-hybridized carbons (Fsp3) is 0.944. The van der Waals surface area contributed by atoms with Crippen LogP contribution in [0.15, 0.2) is 4.99 Å². The van der Waals surface area contributed by atoms with Crippen LogP contribution in [0.1, 0.15) is 51.9 Å². The molecule has 2 saturated heterocycles. The number of rotatable bonds is 3. The van der Waals surface area contributed by atoms with Gasteiger partial charge in [-0.1, -0.05) is 12.8 Å². The molecule has 4 fully saturated rings. The number of hydrogen-bond donors (Lipinski definition) is 2. The molecule has 1 spiro atoms. The molecule has 0 amide bonds. The van der Waals surface area contributed by atoms with Crippen molar-refractivity contribution in [1.29, 1.82) is 0 Å². The molecular formula is C18H32IN3O2. The van der Waals surface area contributed by atoms with Crippen molar-refractivity contribution < 1.29 is 9.47 Å². The number of hydrogen-bond acceptors (Lipinski definition) is 3. The molecule has 0 aromatic carbocycles. The van der Waals surface area contributed by atoms with Crippen LogP contribution in [-0.4, -0.2) is 50.5 Å². The van der Waals surface area contributed by atoms with Crippen LogP contribution in [0.4, 0.5) is 0 Å². The molecule has 0 bridgehead atoms. The number of nitrogens with one attached hydrogen (secondary N) is 2. The summed E-state index contributed by atoms with van der Waals surface area (Å²) in [4.78, 5) is 4.72. The van der Waals surface area contributed by atoms with Crippen LogP contribution in [0.2, 0.25) is 0 Å². The second-order valence-electron chi connectivity index (χ2n) is 7.66. The van der Waals surface area contributed by atoms with Crippen molar-refractivity contribution in [2.75, 3.05) is 26.4 Å². The topological polar surface area (TPSA) is 54.9 Å². The van der Waals surface area contributed by atoms with Gasteiger partial charge in [0.1, 0.15) is 0 Å². The first-order valence-corrected chi connectivity index (χ1v) is 9.60. The van der Waals surface area contributed by atoms with Crippen molar-refractivity contribution in [2.45, 2.75) is 70.1 Å². The summed E-state index contributed by atoms with van der Waals surface area (Å²) in [6, 6.07) is 1.05. The lowest BCUT2D eigenvalue weighted by Gasteiger charge is -2.57. The Morgan fingerprint density at radius 1 is 1.08 bits per heavy atom. The van der Waals surface area contributed by atoms with E-state index in [9.17, 15) is 0 Å². The Labute approximate surface area is 162 Å². The SMILES string of the molecule is CCN=C(NC1CCOCC1)NC1C2CCOC2C12CCCC2.I. The monoisotopic (exact) mass is 449 g/mol. The Bertz CT molecular complexity index is 448. The van der Waals surface area contributed by atoms with Gasteiger partial charge in [0.2, 0.25) is 0 Å². The Morgan fingerprint density at radius 3 is 2.54 bits per heavy atom. The van der Waals surface area contributed by atoms with Gasteiger partial charge in [0.25, 0.3) is 0 Å². The van der Waals surface area contributed by atoms with Crippen LogP contribution < -0.4 is 10.6 Å². The lowest BCUT2D eigenvalue weighted by Crippen LogP contribution is -2.69. The van der Waals surface area contributed by atoms with Gasteiger partial charge in [-0.15, -0.1) is 24.0 Å². The molecule has 3 unspecified atom stereocenters. The summed E-state index contributed by atoms with van der Waals surface area (Å²) in [5.74, 6) is 1.70. The number of aliphatic imine (C=N–C) groups is 1. The molecule has 4 aliphatic rings. The van der Waals surface area contributed by atoms with Gasteiger partial charge in [0.15, 0.2) is 5.96 Å². The Kier molecular flexibility index (Phi) is 6.30. The zero-order valence-corrected chi connectivity index (χ0v) is 17.1. The highest BCUT2D eigenvalue weighted by atomic mass is 127. The van der Waals surface area contributed by atoms with Gasteiger partial charge in [-0.05, 0) is 39.0 Å². The first kappa shape index (κ1) is 18.7. The molecule has 2 N–H and O–H groups in total. The van der Waals surface area contributed by atoms with E-state index in [1.807, 2.05) is 0 Å². The van der Waals surface area contributed by atoms with E-state index in [2.05, 4.69) is 17.6 Å². The number of ether oxygens (including phenoxy) is 2. The summed E-state index contributed by atoms with van der Waals surface area (Å²) >= 11 is 0. The molecule has 5 nitrogen and oxygen atoms in total. The van der Waals surface area contributed by atoms with Crippen molar-refractivity contribution in [3.63, 3.8) is 0 Å². The molecule has 0 aromatic rings. The highest BCUT2D eigenvalue weighted by molar-refractivity contribution is 14.0. The molecular weight excluding hydrogens is 417 g/mol. The summed E-state index contributed by atoms with van der Waals surface area (Å²) in [5.41, 5.74) is 0.382.